The number of nitrogens with zero attached hydrogens (tertiary/aromatic N) is 3. The lowest BCUT2D eigenvalue weighted by Crippen LogP contribution is -2.38. The molecule has 0 spiro atoms. The Labute approximate surface area is 95.2 Å². The van der Waals surface area contributed by atoms with Gasteiger partial charge < -0.3 is 25.9 Å². The monoisotopic (exact) mass is 244 g/mol. The van der Waals surface area contributed by atoms with E-state index in [4.69, 9.17) is 15.6 Å². The van der Waals surface area contributed by atoms with Crippen LogP contribution in [0.1, 0.15) is 6.35 Å². The van der Waals surface area contributed by atoms with Crippen molar-refractivity contribution < 1.29 is 20.2 Å². The van der Waals surface area contributed by atoms with E-state index in [0.29, 0.717) is 5.06 Å². The Bertz CT molecular complexity index is 463. The number of hydrogen-bond donors (Lipinski definition) is 4. The molecule has 0 saturated carbocycles. The maximum absolute atomic E-state index is 11.5. The van der Waals surface area contributed by atoms with Crippen molar-refractivity contribution in [1.29, 1.82) is 0 Å². The molecule has 9 heteroatoms. The number of nitrogens with two attached hydrogens (primary N) is 1. The second-order valence-corrected chi connectivity index (χ2v) is 3.52. The molecule has 5 N–H and O–H groups in total. The number of hydrogen-bond acceptors (Lipinski definition) is 8. The lowest BCUT2D eigenvalue weighted by Gasteiger charge is -2.19. The molecule has 1 aromatic heterocycles. The fourth-order valence-corrected chi connectivity index (χ4v) is 1.51. The molecule has 0 aliphatic carbocycles. The van der Waals surface area contributed by atoms with Gasteiger partial charge in [-0.1, -0.05) is 0 Å². The molecule has 0 aromatic carbocycles. The number of aliphatic hydroxyl groups excluding tert-OH is 2. The number of nitrogen functional groups attached to an aromatic ring is 1. The maximum atomic E-state index is 11.5. The molecule has 9 nitrogen and oxygen atoms in total. The number of aromatic nitrogens is 2. The van der Waals surface area contributed by atoms with Gasteiger partial charge in [0.2, 0.25) is 6.35 Å². The molecule has 0 radical (unpaired) electrons. The third-order valence-corrected chi connectivity index (χ3v) is 2.40. The summed E-state index contributed by atoms with van der Waals surface area (Å²) < 4.78 is 6.04. The van der Waals surface area contributed by atoms with Crippen LogP contribution in [0.4, 0.5) is 5.82 Å². The van der Waals surface area contributed by atoms with Gasteiger partial charge in [0.1, 0.15) is 11.9 Å². The summed E-state index contributed by atoms with van der Waals surface area (Å²) >= 11 is 0. The Balaban J connectivity index is 2.32. The van der Waals surface area contributed by atoms with Gasteiger partial charge in [-0.25, -0.2) is 4.79 Å². The fourth-order valence-electron chi connectivity index (χ4n) is 1.51. The molecule has 0 amide bonds. The number of rotatable bonds is 2. The lowest BCUT2D eigenvalue weighted by molar-refractivity contribution is -0.236. The second-order valence-electron chi connectivity index (χ2n) is 3.52. The molecule has 1 aliphatic heterocycles. The first-order valence-corrected chi connectivity index (χ1v) is 4.81. The van der Waals surface area contributed by atoms with Crippen molar-refractivity contribution in [3.05, 3.63) is 22.7 Å². The Kier molecular flexibility index (Phi) is 3.09. The van der Waals surface area contributed by atoms with Crippen molar-refractivity contribution in [2.45, 2.75) is 18.7 Å². The summed E-state index contributed by atoms with van der Waals surface area (Å²) in [7, 11) is 0. The minimum atomic E-state index is -1.42. The van der Waals surface area contributed by atoms with E-state index in [2.05, 4.69) is 4.98 Å². The zero-order chi connectivity index (χ0) is 12.6. The van der Waals surface area contributed by atoms with Crippen LogP contribution in [0.25, 0.3) is 0 Å². The highest BCUT2D eigenvalue weighted by Gasteiger charge is 2.42. The van der Waals surface area contributed by atoms with Crippen molar-refractivity contribution in [1.82, 2.24) is 14.6 Å². The first-order valence-electron chi connectivity index (χ1n) is 4.81. The zero-order valence-corrected chi connectivity index (χ0v) is 8.67. The topological polar surface area (TPSA) is 134 Å². The molecule has 94 valence electrons. The highest BCUT2D eigenvalue weighted by molar-refractivity contribution is 5.23. The first kappa shape index (κ1) is 12.0. The van der Waals surface area contributed by atoms with Crippen LogP contribution in [0.2, 0.25) is 0 Å². The molecule has 1 saturated heterocycles. The van der Waals surface area contributed by atoms with Gasteiger partial charge in [0.15, 0.2) is 6.23 Å². The summed E-state index contributed by atoms with van der Waals surface area (Å²) in [4.78, 5) is 14.9. The summed E-state index contributed by atoms with van der Waals surface area (Å²) in [6, 6.07) is 1.34. The second kappa shape index (κ2) is 4.39. The van der Waals surface area contributed by atoms with Gasteiger partial charge in [-0.2, -0.15) is 4.98 Å². The smallest absolute Gasteiger partial charge is 0.352 e. The van der Waals surface area contributed by atoms with E-state index in [1.165, 1.54) is 12.3 Å². The minimum Gasteiger partial charge on any atom is -0.394 e. The number of aliphatic hydroxyl groups is 2. The third-order valence-electron chi connectivity index (χ3n) is 2.40. The van der Waals surface area contributed by atoms with Crippen LogP contribution in [0.5, 0.6) is 0 Å². The zero-order valence-electron chi connectivity index (χ0n) is 8.67. The van der Waals surface area contributed by atoms with E-state index in [1.54, 1.807) is 0 Å². The van der Waals surface area contributed by atoms with Crippen molar-refractivity contribution in [3.63, 3.8) is 0 Å². The van der Waals surface area contributed by atoms with Crippen LogP contribution in [0.3, 0.4) is 0 Å². The average Bonchev–Trinajstić information content (AvgIpc) is 2.57. The molecule has 1 aromatic rings. The van der Waals surface area contributed by atoms with Crippen LogP contribution in [-0.2, 0) is 4.74 Å². The molecule has 0 bridgehead atoms. The van der Waals surface area contributed by atoms with Gasteiger partial charge in [0.25, 0.3) is 0 Å². The number of anilines is 1. The van der Waals surface area contributed by atoms with Crippen LogP contribution >= 0.6 is 0 Å². The number of hydroxylamine groups is 2. The Morgan fingerprint density at radius 1 is 1.59 bits per heavy atom. The third kappa shape index (κ3) is 2.01. The van der Waals surface area contributed by atoms with E-state index in [0.717, 1.165) is 4.57 Å². The summed E-state index contributed by atoms with van der Waals surface area (Å²) in [6.07, 6.45) is -2.41. The average molecular weight is 244 g/mol. The van der Waals surface area contributed by atoms with Gasteiger partial charge >= 0.3 is 5.69 Å². The van der Waals surface area contributed by atoms with E-state index in [1.807, 2.05) is 0 Å². The molecule has 0 unspecified atom stereocenters. The van der Waals surface area contributed by atoms with Crippen LogP contribution in [-0.4, -0.2) is 49.0 Å². The standard InChI is InChI=1S/C8H12N4O5/c9-5-1-2-11(7(15)10-5)8-12(16)6(14)4(3-13)17-8/h1-2,4,6,8,13-14,16H,3H2,(H2,9,10,15)/t4-,6-,8+/m1/s1. The van der Waals surface area contributed by atoms with Gasteiger partial charge in [-0.05, 0) is 6.07 Å². The predicted octanol–water partition coefficient (Wildman–Crippen LogP) is -2.32. The SMILES string of the molecule is Nc1ccn([C@@H]2O[C@H](CO)[C@@H](O)N2O)c(=O)n1. The van der Waals surface area contributed by atoms with Crippen molar-refractivity contribution in [3.8, 4) is 0 Å². The highest BCUT2D eigenvalue weighted by Crippen LogP contribution is 2.26. The quantitative estimate of drug-likeness (QED) is 0.455. The van der Waals surface area contributed by atoms with Gasteiger partial charge in [0.05, 0.1) is 6.61 Å². The maximum Gasteiger partial charge on any atom is 0.352 e. The molecule has 1 aliphatic rings. The Morgan fingerprint density at radius 3 is 2.82 bits per heavy atom. The molecule has 17 heavy (non-hydrogen) atoms. The number of ether oxygens (including phenoxy) is 1. The van der Waals surface area contributed by atoms with Crippen molar-refractivity contribution in [2.24, 2.45) is 0 Å². The fraction of sp³-hybridized carbons (Fsp3) is 0.500. The molecule has 2 heterocycles. The predicted molar refractivity (Wildman–Crippen MR) is 53.5 cm³/mol. The lowest BCUT2D eigenvalue weighted by atomic mass is 10.3. The first-order chi connectivity index (χ1) is 8.04. The van der Waals surface area contributed by atoms with Crippen molar-refractivity contribution >= 4 is 5.82 Å². The van der Waals surface area contributed by atoms with E-state index < -0.39 is 31.0 Å². The Hall–Kier alpha value is -1.52. The van der Waals surface area contributed by atoms with Gasteiger partial charge in [0, 0.05) is 6.20 Å². The van der Waals surface area contributed by atoms with Crippen LogP contribution < -0.4 is 11.4 Å². The highest BCUT2D eigenvalue weighted by atomic mass is 16.7. The summed E-state index contributed by atoms with van der Waals surface area (Å²) in [6.45, 7) is -0.494. The molecule has 2 rings (SSSR count). The summed E-state index contributed by atoms with van der Waals surface area (Å²) in [5, 5.41) is 28.3. The summed E-state index contributed by atoms with van der Waals surface area (Å²) in [5.41, 5.74) is 4.57. The minimum absolute atomic E-state index is 0.0352. The normalized spacial score (nSPS) is 29.7. The molecular weight excluding hydrogens is 232 g/mol. The van der Waals surface area contributed by atoms with E-state index in [9.17, 15) is 15.1 Å². The van der Waals surface area contributed by atoms with Crippen LogP contribution in [0.15, 0.2) is 17.1 Å². The van der Waals surface area contributed by atoms with Gasteiger partial charge in [-0.15, -0.1) is 5.06 Å². The molecule has 3 atom stereocenters. The molecular formula is C8H12N4O5. The largest absolute Gasteiger partial charge is 0.394 e. The Morgan fingerprint density at radius 2 is 2.29 bits per heavy atom. The molecule has 1 fully saturated rings. The van der Waals surface area contributed by atoms with E-state index in [-0.39, 0.29) is 5.82 Å². The van der Waals surface area contributed by atoms with Gasteiger partial charge in [-0.3, -0.25) is 4.57 Å². The van der Waals surface area contributed by atoms with Crippen LogP contribution in [0, 0.1) is 0 Å². The van der Waals surface area contributed by atoms with E-state index >= 15 is 0 Å². The summed E-state index contributed by atoms with van der Waals surface area (Å²) in [5.74, 6) is 0.0352. The van der Waals surface area contributed by atoms with Crippen molar-refractivity contribution in [2.75, 3.05) is 12.3 Å².